The Morgan fingerprint density at radius 1 is 0.810 bits per heavy atom. The average molecular weight is 557 g/mol. The highest BCUT2D eigenvalue weighted by molar-refractivity contribution is 6.21. The first kappa shape index (κ1) is 26.8. The molecule has 1 aliphatic rings. The van der Waals surface area contributed by atoms with Crippen LogP contribution < -0.4 is 0 Å². The maximum Gasteiger partial charge on any atom is 0.411 e. The van der Waals surface area contributed by atoms with Crippen LogP contribution in [0.3, 0.4) is 0 Å². The lowest BCUT2D eigenvalue weighted by Gasteiger charge is -2.33. The fraction of sp³-hybridized carbons (Fsp3) is 0.147. The lowest BCUT2D eigenvalue weighted by atomic mass is 9.89. The third kappa shape index (κ3) is 5.88. The van der Waals surface area contributed by atoms with Crippen LogP contribution in [-0.4, -0.2) is 43.4 Å². The Kier molecular flexibility index (Phi) is 7.68. The number of Topliss-reactive ketones (excluding diaryl/α,β-unsaturated/α-hetero) is 2. The maximum atomic E-state index is 14.2. The molecule has 0 spiro atoms. The van der Waals surface area contributed by atoms with Crippen molar-refractivity contribution in [3.05, 3.63) is 155 Å². The zero-order chi connectivity index (χ0) is 28.9. The SMILES string of the molecule is O=C(c1cc(Cc2ccccc2)cc(Cn2cccn2)c1)C1C(=O)c2ncccc2CN1C(=O)OCc1ccccc1. The number of fused-ring (bicyclic) bond motifs is 1. The summed E-state index contributed by atoms with van der Waals surface area (Å²) in [6.07, 6.45) is 4.93. The van der Waals surface area contributed by atoms with Crippen LogP contribution in [0.5, 0.6) is 0 Å². The molecule has 8 heteroatoms. The first-order valence-corrected chi connectivity index (χ1v) is 13.7. The second-order valence-corrected chi connectivity index (χ2v) is 10.2. The van der Waals surface area contributed by atoms with Crippen LogP contribution >= 0.6 is 0 Å². The zero-order valence-corrected chi connectivity index (χ0v) is 22.8. The number of hydrogen-bond donors (Lipinski definition) is 0. The summed E-state index contributed by atoms with van der Waals surface area (Å²) >= 11 is 0. The number of carbonyl (C=O) groups is 3. The number of pyridine rings is 1. The first-order chi connectivity index (χ1) is 20.5. The summed E-state index contributed by atoms with van der Waals surface area (Å²) in [5.74, 6) is -1.01. The number of aromatic nitrogens is 3. The molecule has 1 aliphatic heterocycles. The molecule has 3 heterocycles. The van der Waals surface area contributed by atoms with E-state index in [2.05, 4.69) is 10.1 Å². The van der Waals surface area contributed by atoms with Crippen molar-refractivity contribution < 1.29 is 19.1 Å². The summed E-state index contributed by atoms with van der Waals surface area (Å²) in [6, 6.07) is 28.7. The molecule has 42 heavy (non-hydrogen) atoms. The Hall–Kier alpha value is -5.37. The number of ketones is 2. The van der Waals surface area contributed by atoms with Gasteiger partial charge in [0.1, 0.15) is 12.3 Å². The van der Waals surface area contributed by atoms with E-state index < -0.39 is 23.7 Å². The van der Waals surface area contributed by atoms with Gasteiger partial charge >= 0.3 is 6.09 Å². The van der Waals surface area contributed by atoms with E-state index in [-0.39, 0.29) is 18.8 Å². The minimum absolute atomic E-state index is 0.0196. The number of carbonyl (C=O) groups excluding carboxylic acids is 3. The number of hydrogen-bond acceptors (Lipinski definition) is 6. The normalized spacial score (nSPS) is 14.3. The van der Waals surface area contributed by atoms with E-state index in [4.69, 9.17) is 4.74 Å². The van der Waals surface area contributed by atoms with Gasteiger partial charge < -0.3 is 4.74 Å². The fourth-order valence-electron chi connectivity index (χ4n) is 5.24. The molecule has 208 valence electrons. The van der Waals surface area contributed by atoms with E-state index in [1.807, 2.05) is 79.0 Å². The van der Waals surface area contributed by atoms with Crippen LogP contribution in [0.15, 0.2) is 116 Å². The Balaban J connectivity index is 1.35. The largest absolute Gasteiger partial charge is 0.445 e. The summed E-state index contributed by atoms with van der Waals surface area (Å²) in [4.78, 5) is 46.9. The predicted molar refractivity (Wildman–Crippen MR) is 156 cm³/mol. The number of benzene rings is 3. The van der Waals surface area contributed by atoms with Crippen LogP contribution in [0.4, 0.5) is 4.79 Å². The molecule has 1 unspecified atom stereocenters. The minimum atomic E-state index is -1.40. The second-order valence-electron chi connectivity index (χ2n) is 10.2. The van der Waals surface area contributed by atoms with Gasteiger partial charge in [0.05, 0.1) is 13.1 Å². The van der Waals surface area contributed by atoms with Gasteiger partial charge in [0, 0.05) is 29.7 Å². The van der Waals surface area contributed by atoms with Crippen molar-refractivity contribution in [3.8, 4) is 0 Å². The zero-order valence-electron chi connectivity index (χ0n) is 22.8. The number of rotatable bonds is 8. The van der Waals surface area contributed by atoms with Crippen LogP contribution in [0, 0.1) is 0 Å². The van der Waals surface area contributed by atoms with E-state index in [1.165, 1.54) is 11.1 Å². The van der Waals surface area contributed by atoms with Gasteiger partial charge in [-0.05, 0) is 52.9 Å². The predicted octanol–water partition coefficient (Wildman–Crippen LogP) is 5.50. The monoisotopic (exact) mass is 556 g/mol. The Labute approximate surface area is 243 Å². The molecular formula is C34H28N4O4. The van der Waals surface area contributed by atoms with Gasteiger partial charge in [-0.2, -0.15) is 5.10 Å². The highest BCUT2D eigenvalue weighted by Gasteiger charge is 2.43. The lowest BCUT2D eigenvalue weighted by Crippen LogP contribution is -2.53. The Bertz CT molecular complexity index is 1720. The van der Waals surface area contributed by atoms with Crippen molar-refractivity contribution >= 4 is 17.7 Å². The topological polar surface area (TPSA) is 94.4 Å². The fourth-order valence-corrected chi connectivity index (χ4v) is 5.24. The summed E-state index contributed by atoms with van der Waals surface area (Å²) in [5.41, 5.74) is 4.76. The molecule has 0 bridgehead atoms. The Morgan fingerprint density at radius 2 is 1.55 bits per heavy atom. The van der Waals surface area contributed by atoms with E-state index >= 15 is 0 Å². The number of ether oxygens (including phenoxy) is 1. The van der Waals surface area contributed by atoms with Crippen molar-refractivity contribution in [2.75, 3.05) is 0 Å². The molecule has 0 radical (unpaired) electrons. The number of amides is 1. The minimum Gasteiger partial charge on any atom is -0.445 e. The second kappa shape index (κ2) is 12.0. The molecule has 5 aromatic rings. The molecule has 0 saturated heterocycles. The molecular weight excluding hydrogens is 528 g/mol. The third-order valence-electron chi connectivity index (χ3n) is 7.21. The third-order valence-corrected chi connectivity index (χ3v) is 7.21. The van der Waals surface area contributed by atoms with E-state index in [0.717, 1.165) is 22.3 Å². The molecule has 0 aliphatic carbocycles. The van der Waals surface area contributed by atoms with Crippen molar-refractivity contribution in [2.24, 2.45) is 0 Å². The first-order valence-electron chi connectivity index (χ1n) is 13.7. The molecule has 3 aromatic carbocycles. The highest BCUT2D eigenvalue weighted by atomic mass is 16.6. The Morgan fingerprint density at radius 3 is 2.29 bits per heavy atom. The molecule has 0 fully saturated rings. The highest BCUT2D eigenvalue weighted by Crippen LogP contribution is 2.27. The van der Waals surface area contributed by atoms with Crippen LogP contribution in [0.1, 0.15) is 48.7 Å². The summed E-state index contributed by atoms with van der Waals surface area (Å²) in [6.45, 7) is 0.496. The van der Waals surface area contributed by atoms with Crippen molar-refractivity contribution in [1.29, 1.82) is 0 Å². The smallest absolute Gasteiger partial charge is 0.411 e. The van der Waals surface area contributed by atoms with Crippen LogP contribution in [0.25, 0.3) is 0 Å². The van der Waals surface area contributed by atoms with Crippen LogP contribution in [-0.2, 0) is 30.9 Å². The van der Waals surface area contributed by atoms with Crippen LogP contribution in [0.2, 0.25) is 0 Å². The van der Waals surface area contributed by atoms with Gasteiger partial charge in [-0.1, -0.05) is 72.8 Å². The summed E-state index contributed by atoms with van der Waals surface area (Å²) < 4.78 is 7.37. The van der Waals surface area contributed by atoms with E-state index in [1.54, 1.807) is 35.1 Å². The molecule has 8 nitrogen and oxygen atoms in total. The summed E-state index contributed by atoms with van der Waals surface area (Å²) in [7, 11) is 0. The molecule has 2 aromatic heterocycles. The molecule has 6 rings (SSSR count). The van der Waals surface area contributed by atoms with Crippen molar-refractivity contribution in [1.82, 2.24) is 19.7 Å². The number of nitrogens with zero attached hydrogens (tertiary/aromatic N) is 4. The van der Waals surface area contributed by atoms with Gasteiger partial charge in [0.25, 0.3) is 0 Å². The molecule has 1 amide bonds. The van der Waals surface area contributed by atoms with Crippen molar-refractivity contribution in [3.63, 3.8) is 0 Å². The van der Waals surface area contributed by atoms with Gasteiger partial charge in [-0.15, -0.1) is 0 Å². The van der Waals surface area contributed by atoms with Gasteiger partial charge in [-0.25, -0.2) is 4.79 Å². The van der Waals surface area contributed by atoms with Gasteiger partial charge in [-0.3, -0.25) is 24.2 Å². The average Bonchev–Trinajstić information content (AvgIpc) is 3.53. The summed E-state index contributed by atoms with van der Waals surface area (Å²) in [5, 5.41) is 4.31. The van der Waals surface area contributed by atoms with Gasteiger partial charge in [0.2, 0.25) is 5.78 Å². The standard InChI is InChI=1S/C34H28N4O4/c39-32(29-19-26(17-24-9-3-1-4-10-24)18-27(20-29)21-37-16-8-15-36-37)31-33(40)30-28(13-7-14-35-30)22-38(31)34(41)42-23-25-11-5-2-6-12-25/h1-16,18-20,31H,17,21-23H2. The maximum absolute atomic E-state index is 14.2. The quantitative estimate of drug-likeness (QED) is 0.185. The van der Waals surface area contributed by atoms with E-state index in [0.29, 0.717) is 24.1 Å². The molecule has 0 N–H and O–H groups in total. The van der Waals surface area contributed by atoms with Crippen molar-refractivity contribution in [2.45, 2.75) is 32.2 Å². The molecule has 1 atom stereocenters. The lowest BCUT2D eigenvalue weighted by molar-refractivity contribution is 0.0526. The van der Waals surface area contributed by atoms with E-state index in [9.17, 15) is 14.4 Å². The van der Waals surface area contributed by atoms with Gasteiger partial charge in [0.15, 0.2) is 11.8 Å². The molecule has 0 saturated carbocycles.